The molecule has 116 valence electrons. The lowest BCUT2D eigenvalue weighted by molar-refractivity contribution is -0.137. The lowest BCUT2D eigenvalue weighted by Gasteiger charge is -2.21. The molecule has 0 bridgehead atoms. The second-order valence-corrected chi connectivity index (χ2v) is 5.84. The Morgan fingerprint density at radius 1 is 1.33 bits per heavy atom. The number of carboxylic acid groups (broad SMARTS) is 1. The van der Waals surface area contributed by atoms with Gasteiger partial charge >= 0.3 is 5.97 Å². The first-order valence-electron chi connectivity index (χ1n) is 6.70. The van der Waals surface area contributed by atoms with Gasteiger partial charge in [-0.05, 0) is 13.8 Å². The maximum atomic E-state index is 12.3. The molecule has 0 fully saturated rings. The van der Waals surface area contributed by atoms with Crippen LogP contribution in [0.3, 0.4) is 0 Å². The molecule has 0 aromatic carbocycles. The number of nitrogens with zero attached hydrogens (tertiary/aromatic N) is 2. The number of carbonyl (C=O) groups excluding carboxylic acids is 1. The molecule has 2 N–H and O–H groups in total. The van der Waals surface area contributed by atoms with E-state index >= 15 is 0 Å². The third-order valence-corrected chi connectivity index (χ3v) is 3.02. The van der Waals surface area contributed by atoms with Gasteiger partial charge in [-0.2, -0.15) is 0 Å². The summed E-state index contributed by atoms with van der Waals surface area (Å²) in [5.74, 6) is -1.26. The molecule has 7 nitrogen and oxygen atoms in total. The number of carboxylic acids is 1. The van der Waals surface area contributed by atoms with E-state index in [-0.39, 0.29) is 17.5 Å². The number of amides is 1. The van der Waals surface area contributed by atoms with E-state index in [1.54, 1.807) is 13.8 Å². The first-order valence-corrected chi connectivity index (χ1v) is 6.70. The normalized spacial score (nSPS) is 11.3. The van der Waals surface area contributed by atoms with Crippen molar-refractivity contribution < 1.29 is 14.7 Å². The number of aromatic nitrogens is 2. The van der Waals surface area contributed by atoms with E-state index in [1.165, 1.54) is 0 Å². The third-order valence-electron chi connectivity index (χ3n) is 3.02. The zero-order chi connectivity index (χ0) is 16.4. The molecule has 0 saturated heterocycles. The van der Waals surface area contributed by atoms with Crippen LogP contribution in [0.1, 0.15) is 49.6 Å². The smallest absolute Gasteiger partial charge is 0.323 e. The van der Waals surface area contributed by atoms with Crippen molar-refractivity contribution in [1.82, 2.24) is 14.9 Å². The number of aliphatic carboxylic acids is 1. The lowest BCUT2D eigenvalue weighted by atomic mass is 9.95. The zero-order valence-corrected chi connectivity index (χ0v) is 13.0. The van der Waals surface area contributed by atoms with E-state index in [1.807, 2.05) is 20.8 Å². The van der Waals surface area contributed by atoms with Crippen LogP contribution < -0.4 is 5.56 Å². The van der Waals surface area contributed by atoms with Crippen LogP contribution in [0.2, 0.25) is 0 Å². The van der Waals surface area contributed by atoms with Gasteiger partial charge in [0.2, 0.25) is 0 Å². The Bertz CT molecular complexity index is 614. The highest BCUT2D eigenvalue weighted by Gasteiger charge is 2.25. The van der Waals surface area contributed by atoms with E-state index < -0.39 is 24.0 Å². The lowest BCUT2D eigenvalue weighted by Crippen LogP contribution is -2.39. The van der Waals surface area contributed by atoms with Gasteiger partial charge in [0, 0.05) is 12.0 Å². The number of likely N-dealkylation sites (N-methyl/N-ethyl adjacent to an activating group) is 1. The predicted octanol–water partition coefficient (Wildman–Crippen LogP) is 0.923. The summed E-state index contributed by atoms with van der Waals surface area (Å²) in [5, 5.41) is 8.80. The van der Waals surface area contributed by atoms with Crippen LogP contribution in [-0.4, -0.2) is 44.9 Å². The van der Waals surface area contributed by atoms with Crippen molar-refractivity contribution in [3.63, 3.8) is 0 Å². The first-order chi connectivity index (χ1) is 9.57. The molecule has 1 amide bonds. The highest BCUT2D eigenvalue weighted by Crippen LogP contribution is 2.17. The maximum Gasteiger partial charge on any atom is 0.323 e. The van der Waals surface area contributed by atoms with Crippen molar-refractivity contribution in [2.75, 3.05) is 13.1 Å². The molecule has 0 saturated carbocycles. The van der Waals surface area contributed by atoms with E-state index in [0.29, 0.717) is 11.5 Å². The Labute approximate surface area is 123 Å². The van der Waals surface area contributed by atoms with Gasteiger partial charge in [-0.1, -0.05) is 20.8 Å². The molecule has 0 spiro atoms. The Morgan fingerprint density at radius 2 is 1.90 bits per heavy atom. The van der Waals surface area contributed by atoms with Crippen molar-refractivity contribution in [1.29, 1.82) is 0 Å². The van der Waals surface area contributed by atoms with Gasteiger partial charge in [0.05, 0.1) is 5.69 Å². The molecule has 1 rings (SSSR count). The Balaban J connectivity index is 3.28. The monoisotopic (exact) mass is 295 g/mol. The topological polar surface area (TPSA) is 103 Å². The fourth-order valence-corrected chi connectivity index (χ4v) is 1.84. The molecule has 21 heavy (non-hydrogen) atoms. The number of aryl methyl sites for hydroxylation is 1. The van der Waals surface area contributed by atoms with Crippen LogP contribution in [0.4, 0.5) is 0 Å². The first kappa shape index (κ1) is 16.9. The van der Waals surface area contributed by atoms with Gasteiger partial charge in [0.25, 0.3) is 11.5 Å². The van der Waals surface area contributed by atoms with Crippen molar-refractivity contribution in [2.45, 2.75) is 40.0 Å². The van der Waals surface area contributed by atoms with Crippen LogP contribution in [0.15, 0.2) is 4.79 Å². The Morgan fingerprint density at radius 3 is 2.29 bits per heavy atom. The van der Waals surface area contributed by atoms with E-state index in [4.69, 9.17) is 5.11 Å². The minimum atomic E-state index is -1.13. The van der Waals surface area contributed by atoms with E-state index in [9.17, 15) is 14.4 Å². The van der Waals surface area contributed by atoms with Crippen LogP contribution in [0.25, 0.3) is 0 Å². The molecule has 0 aliphatic rings. The third kappa shape index (κ3) is 3.90. The molecule has 0 aliphatic heterocycles. The zero-order valence-electron chi connectivity index (χ0n) is 13.0. The second-order valence-electron chi connectivity index (χ2n) is 5.84. The van der Waals surface area contributed by atoms with Gasteiger partial charge in [-0.25, -0.2) is 4.98 Å². The Kier molecular flexibility index (Phi) is 4.88. The second kappa shape index (κ2) is 6.07. The summed E-state index contributed by atoms with van der Waals surface area (Å²) in [6.07, 6.45) is 0. The largest absolute Gasteiger partial charge is 0.480 e. The van der Waals surface area contributed by atoms with Gasteiger partial charge in [-0.3, -0.25) is 14.4 Å². The summed E-state index contributed by atoms with van der Waals surface area (Å²) in [4.78, 5) is 43.2. The standard InChI is InChI=1S/C14H21N3O4/c1-6-17(7-9(18)19)12(21)10-8(2)15-13(14(3,4)5)16-11(10)20/h6-7H2,1-5H3,(H,18,19)(H,15,16,20). The van der Waals surface area contributed by atoms with E-state index in [0.717, 1.165) is 4.90 Å². The summed E-state index contributed by atoms with van der Waals surface area (Å²) in [5.41, 5.74) is -0.693. The number of aromatic amines is 1. The van der Waals surface area contributed by atoms with Crippen molar-refractivity contribution >= 4 is 11.9 Å². The highest BCUT2D eigenvalue weighted by molar-refractivity contribution is 5.96. The number of hydrogen-bond acceptors (Lipinski definition) is 4. The molecule has 1 aromatic rings. The Hall–Kier alpha value is -2.18. The fraction of sp³-hybridized carbons (Fsp3) is 0.571. The fourth-order valence-electron chi connectivity index (χ4n) is 1.84. The van der Waals surface area contributed by atoms with Gasteiger partial charge in [0.1, 0.15) is 17.9 Å². The number of rotatable bonds is 4. The van der Waals surface area contributed by atoms with E-state index in [2.05, 4.69) is 9.97 Å². The summed E-state index contributed by atoms with van der Waals surface area (Å²) in [7, 11) is 0. The predicted molar refractivity (Wildman–Crippen MR) is 77.5 cm³/mol. The van der Waals surface area contributed by atoms with Crippen LogP contribution in [0, 0.1) is 6.92 Å². The summed E-state index contributed by atoms with van der Waals surface area (Å²) >= 11 is 0. The van der Waals surface area contributed by atoms with Crippen molar-refractivity contribution in [3.8, 4) is 0 Å². The quantitative estimate of drug-likeness (QED) is 0.859. The average Bonchev–Trinajstić information content (AvgIpc) is 2.33. The van der Waals surface area contributed by atoms with Crippen LogP contribution in [-0.2, 0) is 10.2 Å². The molecule has 0 unspecified atom stereocenters. The number of H-pyrrole nitrogens is 1. The SMILES string of the molecule is CCN(CC(=O)O)C(=O)c1c(C)nc(C(C)(C)C)[nH]c1=O. The summed E-state index contributed by atoms with van der Waals surface area (Å²) in [6, 6.07) is 0. The molecule has 1 heterocycles. The highest BCUT2D eigenvalue weighted by atomic mass is 16.4. The minimum absolute atomic E-state index is 0.105. The number of nitrogens with one attached hydrogen (secondary N) is 1. The average molecular weight is 295 g/mol. The van der Waals surface area contributed by atoms with Gasteiger partial charge < -0.3 is 15.0 Å². The van der Waals surface area contributed by atoms with Crippen molar-refractivity contribution in [3.05, 3.63) is 27.4 Å². The molecule has 0 atom stereocenters. The van der Waals surface area contributed by atoms with Crippen LogP contribution >= 0.6 is 0 Å². The van der Waals surface area contributed by atoms with Crippen molar-refractivity contribution in [2.24, 2.45) is 0 Å². The minimum Gasteiger partial charge on any atom is -0.480 e. The summed E-state index contributed by atoms with van der Waals surface area (Å²) in [6.45, 7) is 8.67. The summed E-state index contributed by atoms with van der Waals surface area (Å²) < 4.78 is 0. The number of carbonyl (C=O) groups is 2. The molecule has 0 aliphatic carbocycles. The van der Waals surface area contributed by atoms with Gasteiger partial charge in [0.15, 0.2) is 0 Å². The molecular weight excluding hydrogens is 274 g/mol. The molecule has 1 aromatic heterocycles. The van der Waals surface area contributed by atoms with Gasteiger partial charge in [-0.15, -0.1) is 0 Å². The molecule has 0 radical (unpaired) electrons. The maximum absolute atomic E-state index is 12.3. The molecule has 7 heteroatoms. The van der Waals surface area contributed by atoms with Crippen LogP contribution in [0.5, 0.6) is 0 Å². The number of hydrogen-bond donors (Lipinski definition) is 2. The molecular formula is C14H21N3O4.